The Labute approximate surface area is 183 Å². The minimum atomic E-state index is -3.50. The number of sulfonamides is 1. The monoisotopic (exact) mass is 440 g/mol. The molecular weight excluding hydrogens is 412 g/mol. The molecule has 8 heteroatoms. The Bertz CT molecular complexity index is 1070. The van der Waals surface area contributed by atoms with Gasteiger partial charge >= 0.3 is 0 Å². The SMILES string of the molecule is Cc1ccc(C(=O)N2CCC(c3ccc(C#N)cc3)CC2)cc1NS(=O)(=O)CCCN. The number of carbonyl (C=O) groups is 1. The minimum absolute atomic E-state index is 0.0516. The van der Waals surface area contributed by atoms with Gasteiger partial charge in [-0.05, 0) is 74.0 Å². The summed E-state index contributed by atoms with van der Waals surface area (Å²) < 4.78 is 27.0. The van der Waals surface area contributed by atoms with Crippen LogP contribution >= 0.6 is 0 Å². The predicted molar refractivity (Wildman–Crippen MR) is 121 cm³/mol. The number of rotatable bonds is 7. The topological polar surface area (TPSA) is 116 Å². The third kappa shape index (κ3) is 5.84. The van der Waals surface area contributed by atoms with Crippen LogP contribution < -0.4 is 10.5 Å². The first-order valence-electron chi connectivity index (χ1n) is 10.4. The van der Waals surface area contributed by atoms with E-state index < -0.39 is 10.0 Å². The number of aryl methyl sites for hydroxylation is 1. The summed E-state index contributed by atoms with van der Waals surface area (Å²) in [7, 11) is -3.50. The summed E-state index contributed by atoms with van der Waals surface area (Å²) in [6.07, 6.45) is 2.07. The van der Waals surface area contributed by atoms with Crippen LogP contribution in [0.15, 0.2) is 42.5 Å². The highest BCUT2D eigenvalue weighted by molar-refractivity contribution is 7.92. The normalized spacial score (nSPS) is 14.8. The average Bonchev–Trinajstić information content (AvgIpc) is 2.79. The number of hydrogen-bond acceptors (Lipinski definition) is 5. The molecule has 2 aromatic rings. The lowest BCUT2D eigenvalue weighted by atomic mass is 9.89. The van der Waals surface area contributed by atoms with Crippen LogP contribution in [0.2, 0.25) is 0 Å². The van der Waals surface area contributed by atoms with Gasteiger partial charge in [0.15, 0.2) is 0 Å². The molecule has 0 unspecified atom stereocenters. The zero-order chi connectivity index (χ0) is 22.4. The van der Waals surface area contributed by atoms with E-state index in [-0.39, 0.29) is 11.7 Å². The Morgan fingerprint density at radius 2 is 1.87 bits per heavy atom. The van der Waals surface area contributed by atoms with Crippen molar-refractivity contribution in [2.24, 2.45) is 5.73 Å². The van der Waals surface area contributed by atoms with E-state index in [4.69, 9.17) is 11.0 Å². The van der Waals surface area contributed by atoms with E-state index >= 15 is 0 Å². The van der Waals surface area contributed by atoms with Gasteiger partial charge in [0.05, 0.1) is 23.1 Å². The lowest BCUT2D eigenvalue weighted by molar-refractivity contribution is 0.0713. The number of nitrogens with one attached hydrogen (secondary N) is 1. The van der Waals surface area contributed by atoms with Gasteiger partial charge in [-0.2, -0.15) is 5.26 Å². The van der Waals surface area contributed by atoms with Crippen LogP contribution in [-0.4, -0.2) is 44.6 Å². The molecule has 0 saturated carbocycles. The smallest absolute Gasteiger partial charge is 0.253 e. The van der Waals surface area contributed by atoms with Gasteiger partial charge in [-0.25, -0.2) is 8.42 Å². The average molecular weight is 441 g/mol. The van der Waals surface area contributed by atoms with Crippen molar-refractivity contribution in [3.63, 3.8) is 0 Å². The molecule has 0 aliphatic carbocycles. The summed E-state index contributed by atoms with van der Waals surface area (Å²) >= 11 is 0. The molecule has 1 aliphatic heterocycles. The van der Waals surface area contributed by atoms with Crippen molar-refractivity contribution < 1.29 is 13.2 Å². The van der Waals surface area contributed by atoms with Crippen molar-refractivity contribution >= 4 is 21.6 Å². The molecule has 0 aromatic heterocycles. The molecule has 1 aliphatic rings. The first kappa shape index (κ1) is 22.8. The van der Waals surface area contributed by atoms with Crippen LogP contribution in [0.4, 0.5) is 5.69 Å². The van der Waals surface area contributed by atoms with Gasteiger partial charge < -0.3 is 10.6 Å². The number of benzene rings is 2. The Balaban J connectivity index is 1.66. The van der Waals surface area contributed by atoms with Crippen molar-refractivity contribution in [3.8, 4) is 6.07 Å². The first-order valence-corrected chi connectivity index (χ1v) is 12.1. The minimum Gasteiger partial charge on any atom is -0.339 e. The fourth-order valence-electron chi connectivity index (χ4n) is 3.79. The van der Waals surface area contributed by atoms with E-state index in [1.165, 1.54) is 5.56 Å². The van der Waals surface area contributed by atoms with Crippen molar-refractivity contribution in [2.45, 2.75) is 32.1 Å². The van der Waals surface area contributed by atoms with Gasteiger partial charge in [0.25, 0.3) is 5.91 Å². The number of nitriles is 1. The van der Waals surface area contributed by atoms with Gasteiger partial charge in [-0.3, -0.25) is 9.52 Å². The molecule has 164 valence electrons. The third-order valence-corrected chi connectivity index (χ3v) is 7.02. The van der Waals surface area contributed by atoms with Gasteiger partial charge in [0.2, 0.25) is 10.0 Å². The Hall–Kier alpha value is -2.89. The molecule has 3 N–H and O–H groups in total. The molecule has 1 amide bonds. The predicted octanol–water partition coefficient (Wildman–Crippen LogP) is 2.98. The van der Waals surface area contributed by atoms with Gasteiger partial charge in [0.1, 0.15) is 0 Å². The van der Waals surface area contributed by atoms with Gasteiger partial charge in [-0.1, -0.05) is 18.2 Å². The molecule has 0 bridgehead atoms. The second-order valence-electron chi connectivity index (χ2n) is 7.89. The zero-order valence-corrected chi connectivity index (χ0v) is 18.5. The molecular formula is C23H28N4O3S. The fraction of sp³-hybridized carbons (Fsp3) is 0.391. The zero-order valence-electron chi connectivity index (χ0n) is 17.7. The number of anilines is 1. The van der Waals surface area contributed by atoms with Crippen LogP contribution in [0.5, 0.6) is 0 Å². The lowest BCUT2D eigenvalue weighted by Gasteiger charge is -2.32. The summed E-state index contributed by atoms with van der Waals surface area (Å²) in [6.45, 7) is 3.37. The third-order valence-electron chi connectivity index (χ3n) is 5.66. The summed E-state index contributed by atoms with van der Waals surface area (Å²) in [5.41, 5.74) is 8.90. The van der Waals surface area contributed by atoms with Gasteiger partial charge in [0, 0.05) is 18.7 Å². The number of likely N-dealkylation sites (tertiary alicyclic amines) is 1. The van der Waals surface area contributed by atoms with E-state index in [1.807, 2.05) is 29.2 Å². The van der Waals surface area contributed by atoms with Gasteiger partial charge in [-0.15, -0.1) is 0 Å². The number of amides is 1. The lowest BCUT2D eigenvalue weighted by Crippen LogP contribution is -2.38. The largest absolute Gasteiger partial charge is 0.339 e. The summed E-state index contributed by atoms with van der Waals surface area (Å²) in [4.78, 5) is 14.8. The number of piperidine rings is 1. The molecule has 1 fully saturated rings. The van der Waals surface area contributed by atoms with Crippen LogP contribution in [0, 0.1) is 18.3 Å². The molecule has 3 rings (SSSR count). The highest BCUT2D eigenvalue weighted by Gasteiger charge is 2.25. The van der Waals surface area contributed by atoms with Crippen molar-refractivity contribution in [2.75, 3.05) is 30.1 Å². The number of nitrogens with two attached hydrogens (primary N) is 1. The Morgan fingerprint density at radius 1 is 1.19 bits per heavy atom. The highest BCUT2D eigenvalue weighted by atomic mass is 32.2. The van der Waals surface area contributed by atoms with Crippen molar-refractivity contribution in [1.29, 1.82) is 5.26 Å². The van der Waals surface area contributed by atoms with Crippen LogP contribution in [-0.2, 0) is 10.0 Å². The standard InChI is InChI=1S/C23H28N4O3S/c1-17-3-6-21(15-22(17)26-31(29,30)14-2-11-24)23(28)27-12-9-20(10-13-27)19-7-4-18(16-25)5-8-19/h3-8,15,20,26H,2,9-14,24H2,1H3. The second-order valence-corrected chi connectivity index (χ2v) is 9.74. The van der Waals surface area contributed by atoms with E-state index in [1.54, 1.807) is 25.1 Å². The molecule has 31 heavy (non-hydrogen) atoms. The maximum atomic E-state index is 13.0. The number of hydrogen-bond donors (Lipinski definition) is 2. The molecule has 1 saturated heterocycles. The van der Waals surface area contributed by atoms with E-state index in [2.05, 4.69) is 10.8 Å². The molecule has 2 aromatic carbocycles. The fourth-order valence-corrected chi connectivity index (χ4v) is 4.99. The molecule has 0 radical (unpaired) electrons. The maximum Gasteiger partial charge on any atom is 0.253 e. The van der Waals surface area contributed by atoms with E-state index in [9.17, 15) is 13.2 Å². The van der Waals surface area contributed by atoms with E-state index in [0.717, 1.165) is 18.4 Å². The molecule has 0 atom stereocenters. The molecule has 1 heterocycles. The van der Waals surface area contributed by atoms with Crippen LogP contribution in [0.3, 0.4) is 0 Å². The van der Waals surface area contributed by atoms with Crippen LogP contribution in [0.1, 0.15) is 52.2 Å². The molecule has 7 nitrogen and oxygen atoms in total. The second kappa shape index (κ2) is 9.94. The molecule has 0 spiro atoms. The van der Waals surface area contributed by atoms with Crippen LogP contribution in [0.25, 0.3) is 0 Å². The summed E-state index contributed by atoms with van der Waals surface area (Å²) in [5, 5.41) is 8.94. The summed E-state index contributed by atoms with van der Waals surface area (Å²) in [5.74, 6) is 0.213. The highest BCUT2D eigenvalue weighted by Crippen LogP contribution is 2.29. The first-order chi connectivity index (χ1) is 14.8. The Kier molecular flexibility index (Phi) is 7.31. The Morgan fingerprint density at radius 3 is 2.48 bits per heavy atom. The van der Waals surface area contributed by atoms with Crippen molar-refractivity contribution in [3.05, 3.63) is 64.7 Å². The number of carbonyl (C=O) groups excluding carboxylic acids is 1. The van der Waals surface area contributed by atoms with E-state index in [0.29, 0.717) is 48.8 Å². The quantitative estimate of drug-likeness (QED) is 0.687. The number of nitrogens with zero attached hydrogens (tertiary/aromatic N) is 2. The van der Waals surface area contributed by atoms with Crippen molar-refractivity contribution in [1.82, 2.24) is 4.90 Å². The summed E-state index contributed by atoms with van der Waals surface area (Å²) in [6, 6.07) is 14.9. The maximum absolute atomic E-state index is 13.0.